The van der Waals surface area contributed by atoms with Crippen LogP contribution < -0.4 is 5.32 Å². The Morgan fingerprint density at radius 3 is 2.94 bits per heavy atom. The van der Waals surface area contributed by atoms with Crippen molar-refractivity contribution in [2.75, 3.05) is 0 Å². The van der Waals surface area contributed by atoms with E-state index in [1.165, 1.54) is 12.1 Å². The van der Waals surface area contributed by atoms with Crippen molar-refractivity contribution in [1.29, 1.82) is 0 Å². The monoisotopic (exact) mass is 284 g/mol. The van der Waals surface area contributed by atoms with Gasteiger partial charge >= 0.3 is 0 Å². The van der Waals surface area contributed by atoms with Gasteiger partial charge in [-0.3, -0.25) is 0 Å². The van der Waals surface area contributed by atoms with E-state index in [-0.39, 0.29) is 11.9 Å². The molecule has 1 atom stereocenters. The summed E-state index contributed by atoms with van der Waals surface area (Å²) in [5.41, 5.74) is 1.78. The fourth-order valence-electron chi connectivity index (χ4n) is 1.60. The molecular formula is C13H14ClFN2S. The number of nitrogens with one attached hydrogen (secondary N) is 1. The molecule has 1 aromatic heterocycles. The summed E-state index contributed by atoms with van der Waals surface area (Å²) in [6.07, 6.45) is 0. The van der Waals surface area contributed by atoms with Crippen LogP contribution in [0.25, 0.3) is 0 Å². The summed E-state index contributed by atoms with van der Waals surface area (Å²) in [6.45, 7) is 4.53. The van der Waals surface area contributed by atoms with Crippen LogP contribution in [0, 0.1) is 12.7 Å². The lowest BCUT2D eigenvalue weighted by molar-refractivity contribution is 0.566. The van der Waals surface area contributed by atoms with Crippen molar-refractivity contribution in [3.63, 3.8) is 0 Å². The topological polar surface area (TPSA) is 24.9 Å². The molecule has 0 aliphatic heterocycles. The molecule has 0 amide bonds. The highest BCUT2D eigenvalue weighted by molar-refractivity contribution is 7.09. The minimum absolute atomic E-state index is 0.128. The third-order valence-electron chi connectivity index (χ3n) is 2.61. The van der Waals surface area contributed by atoms with E-state index in [1.54, 1.807) is 17.4 Å². The zero-order chi connectivity index (χ0) is 13.1. The lowest BCUT2D eigenvalue weighted by Gasteiger charge is -2.12. The maximum absolute atomic E-state index is 13.1. The van der Waals surface area contributed by atoms with Crippen LogP contribution in [0.4, 0.5) is 4.39 Å². The first-order valence-electron chi connectivity index (χ1n) is 5.65. The number of hydrogen-bond acceptors (Lipinski definition) is 3. The van der Waals surface area contributed by atoms with Crippen molar-refractivity contribution < 1.29 is 4.39 Å². The Kier molecular flexibility index (Phi) is 4.32. The quantitative estimate of drug-likeness (QED) is 0.914. The van der Waals surface area contributed by atoms with Crippen LogP contribution in [0.1, 0.15) is 29.2 Å². The molecule has 0 bridgehead atoms. The molecule has 2 rings (SSSR count). The third-order valence-corrected chi connectivity index (χ3v) is 4.13. The molecule has 1 heterocycles. The second-order valence-electron chi connectivity index (χ2n) is 4.17. The van der Waals surface area contributed by atoms with Gasteiger partial charge in [-0.2, -0.15) is 0 Å². The minimum atomic E-state index is -0.269. The molecule has 1 N–H and O–H groups in total. The van der Waals surface area contributed by atoms with Gasteiger partial charge in [0.25, 0.3) is 0 Å². The average molecular weight is 285 g/mol. The van der Waals surface area contributed by atoms with Crippen LogP contribution in [-0.4, -0.2) is 4.98 Å². The molecular weight excluding hydrogens is 271 g/mol. The van der Waals surface area contributed by atoms with E-state index in [1.807, 2.05) is 19.2 Å². The molecule has 0 saturated heterocycles. The number of thiazole rings is 1. The Hall–Kier alpha value is -0.970. The molecule has 0 saturated carbocycles. The summed E-state index contributed by atoms with van der Waals surface area (Å²) in [4.78, 5) is 4.41. The largest absolute Gasteiger partial charge is 0.304 e. The van der Waals surface area contributed by atoms with Crippen molar-refractivity contribution in [3.05, 3.63) is 50.7 Å². The van der Waals surface area contributed by atoms with E-state index in [9.17, 15) is 4.39 Å². The summed E-state index contributed by atoms with van der Waals surface area (Å²) in [7, 11) is 0. The first-order chi connectivity index (χ1) is 8.56. The molecule has 2 aromatic rings. The van der Waals surface area contributed by atoms with Gasteiger partial charge in [0.05, 0.1) is 6.04 Å². The fourth-order valence-corrected chi connectivity index (χ4v) is 2.61. The SMILES string of the molecule is Cc1csc(C(C)NCc2cc(F)ccc2Cl)n1. The van der Waals surface area contributed by atoms with Crippen LogP contribution >= 0.6 is 22.9 Å². The standard InChI is InChI=1S/C13H14ClFN2S/c1-8-7-18-13(17-8)9(2)16-6-10-5-11(15)3-4-12(10)14/h3-5,7,9,16H,6H2,1-2H3. The highest BCUT2D eigenvalue weighted by Crippen LogP contribution is 2.20. The smallest absolute Gasteiger partial charge is 0.123 e. The lowest BCUT2D eigenvalue weighted by atomic mass is 10.2. The van der Waals surface area contributed by atoms with Crippen LogP contribution in [0.2, 0.25) is 5.02 Å². The summed E-state index contributed by atoms with van der Waals surface area (Å²) < 4.78 is 13.1. The number of aromatic nitrogens is 1. The molecule has 2 nitrogen and oxygen atoms in total. The molecule has 5 heteroatoms. The van der Waals surface area contributed by atoms with Gasteiger partial charge in [0.15, 0.2) is 0 Å². The maximum atomic E-state index is 13.1. The zero-order valence-electron chi connectivity index (χ0n) is 10.2. The normalized spacial score (nSPS) is 12.7. The second kappa shape index (κ2) is 5.78. The highest BCUT2D eigenvalue weighted by atomic mass is 35.5. The number of benzene rings is 1. The molecule has 0 aliphatic rings. The minimum Gasteiger partial charge on any atom is -0.304 e. The Morgan fingerprint density at radius 2 is 2.28 bits per heavy atom. The van der Waals surface area contributed by atoms with E-state index in [0.717, 1.165) is 16.3 Å². The summed E-state index contributed by atoms with van der Waals surface area (Å²) >= 11 is 7.63. The van der Waals surface area contributed by atoms with Crippen molar-refractivity contribution in [3.8, 4) is 0 Å². The number of hydrogen-bond donors (Lipinski definition) is 1. The molecule has 1 aromatic carbocycles. The highest BCUT2D eigenvalue weighted by Gasteiger charge is 2.10. The lowest BCUT2D eigenvalue weighted by Crippen LogP contribution is -2.18. The molecule has 0 aliphatic carbocycles. The van der Waals surface area contributed by atoms with Crippen LogP contribution in [0.15, 0.2) is 23.6 Å². The number of rotatable bonds is 4. The predicted octanol–water partition coefficient (Wildman–Crippen LogP) is 4.09. The summed E-state index contributed by atoms with van der Waals surface area (Å²) in [6, 6.07) is 4.52. The molecule has 0 spiro atoms. The molecule has 1 unspecified atom stereocenters. The maximum Gasteiger partial charge on any atom is 0.123 e. The van der Waals surface area contributed by atoms with Crippen LogP contribution in [0.3, 0.4) is 0 Å². The van der Waals surface area contributed by atoms with E-state index in [2.05, 4.69) is 10.3 Å². The first-order valence-corrected chi connectivity index (χ1v) is 6.91. The molecule has 96 valence electrons. The van der Waals surface area contributed by atoms with E-state index in [4.69, 9.17) is 11.6 Å². The van der Waals surface area contributed by atoms with Gasteiger partial charge < -0.3 is 5.32 Å². The van der Waals surface area contributed by atoms with Gasteiger partial charge in [-0.25, -0.2) is 9.37 Å². The number of nitrogens with zero attached hydrogens (tertiary/aromatic N) is 1. The first kappa shape index (κ1) is 13.5. The van der Waals surface area contributed by atoms with Crippen molar-refractivity contribution in [1.82, 2.24) is 10.3 Å². The van der Waals surface area contributed by atoms with Gasteiger partial charge in [0, 0.05) is 22.6 Å². The van der Waals surface area contributed by atoms with Gasteiger partial charge in [-0.05, 0) is 37.6 Å². The third kappa shape index (κ3) is 3.28. The van der Waals surface area contributed by atoms with E-state index < -0.39 is 0 Å². The van der Waals surface area contributed by atoms with E-state index in [0.29, 0.717) is 11.6 Å². The molecule has 0 radical (unpaired) electrons. The van der Waals surface area contributed by atoms with Crippen LogP contribution in [0.5, 0.6) is 0 Å². The summed E-state index contributed by atoms with van der Waals surface area (Å²) in [5, 5.41) is 6.91. The zero-order valence-corrected chi connectivity index (χ0v) is 11.8. The Morgan fingerprint density at radius 1 is 1.50 bits per heavy atom. The number of halogens is 2. The van der Waals surface area contributed by atoms with Crippen molar-refractivity contribution in [2.45, 2.75) is 26.4 Å². The Bertz CT molecular complexity index is 542. The van der Waals surface area contributed by atoms with Gasteiger partial charge in [-0.1, -0.05) is 11.6 Å². The Balaban J connectivity index is 2.01. The van der Waals surface area contributed by atoms with Gasteiger partial charge in [0.2, 0.25) is 0 Å². The number of aryl methyl sites for hydroxylation is 1. The Labute approximate surface area is 115 Å². The molecule has 18 heavy (non-hydrogen) atoms. The predicted molar refractivity (Wildman–Crippen MR) is 73.5 cm³/mol. The fraction of sp³-hybridized carbons (Fsp3) is 0.308. The van der Waals surface area contributed by atoms with Gasteiger partial charge in [-0.15, -0.1) is 11.3 Å². The molecule has 0 fully saturated rings. The average Bonchev–Trinajstić information content (AvgIpc) is 2.77. The van der Waals surface area contributed by atoms with Gasteiger partial charge in [0.1, 0.15) is 10.8 Å². The van der Waals surface area contributed by atoms with Crippen molar-refractivity contribution >= 4 is 22.9 Å². The second-order valence-corrected chi connectivity index (χ2v) is 5.46. The van der Waals surface area contributed by atoms with Crippen molar-refractivity contribution in [2.24, 2.45) is 0 Å². The van der Waals surface area contributed by atoms with Crippen LogP contribution in [-0.2, 0) is 6.54 Å². The van der Waals surface area contributed by atoms with E-state index >= 15 is 0 Å². The summed E-state index contributed by atoms with van der Waals surface area (Å²) in [5.74, 6) is -0.269.